The van der Waals surface area contributed by atoms with Gasteiger partial charge in [-0.05, 0) is 100 Å². The Morgan fingerprint density at radius 1 is 0.547 bits per heavy atom. The number of benzene rings is 6. The monoisotopic (exact) mass is 804 g/mol. The maximum absolute atomic E-state index is 12.8. The molecule has 0 aliphatic carbocycles. The van der Waals surface area contributed by atoms with Gasteiger partial charge in [-0.15, -0.1) is 5.11 Å². The molecule has 0 radical (unpaired) electrons. The van der Waals surface area contributed by atoms with Gasteiger partial charge in [-0.2, -0.15) is 5.11 Å². The standard InChI is InChI=1S/C31H22N4O12S3.3Na/c36-27-15-24(49(42,43)44)13-18-10-20(4-7-25(18)27)32-31(38)33-21-5-8-26-19(11-21)14-28(50(45,46)47)29(30(26)37)35-34-22-3-1-17-12-23(48(39,40)41)6-2-16(17)9-22;;;/h1-15,36-37H,(H2,32,33,38)(H,39,40,41)(H,42,43,44)(H,45,46,47);;;/q;3*+1/p-3. The summed E-state index contributed by atoms with van der Waals surface area (Å²) in [4.78, 5) is 10.8. The molecule has 2 amide bonds. The second kappa shape index (κ2) is 17.0. The summed E-state index contributed by atoms with van der Waals surface area (Å²) in [5.74, 6) is -1.16. The SMILES string of the molecule is O=C(Nc1ccc2c(O)cc(S(=O)(=O)[O-])cc2c1)Nc1ccc2c(O)c(N=Nc3ccc4cc(S(=O)(=O)[O-])ccc4c3)c(S(=O)(=O)[O-])cc2c1.[Na+].[Na+].[Na+]. The van der Waals surface area contributed by atoms with Crippen molar-refractivity contribution in [1.82, 2.24) is 0 Å². The summed E-state index contributed by atoms with van der Waals surface area (Å²) in [6, 6.07) is 18.0. The summed E-state index contributed by atoms with van der Waals surface area (Å²) in [5, 5.41) is 35.1. The predicted octanol–water partition coefficient (Wildman–Crippen LogP) is -3.66. The maximum Gasteiger partial charge on any atom is 1.00 e. The molecule has 6 aromatic rings. The van der Waals surface area contributed by atoms with Crippen LogP contribution in [0.2, 0.25) is 0 Å². The number of carbonyl (C=O) groups excluding carboxylic acids is 1. The van der Waals surface area contributed by atoms with Crippen molar-refractivity contribution >= 4 is 91.5 Å². The number of phenolic OH excluding ortho intramolecular Hbond substituents is 2. The average molecular weight is 805 g/mol. The molecule has 0 bridgehead atoms. The van der Waals surface area contributed by atoms with Crippen LogP contribution in [0.5, 0.6) is 11.5 Å². The van der Waals surface area contributed by atoms with Crippen LogP contribution < -0.4 is 99.3 Å². The van der Waals surface area contributed by atoms with E-state index >= 15 is 0 Å². The zero-order valence-corrected chi connectivity index (χ0v) is 36.2. The van der Waals surface area contributed by atoms with Crippen molar-refractivity contribution in [2.24, 2.45) is 10.2 Å². The fourth-order valence-corrected chi connectivity index (χ4v) is 6.77. The second-order valence-corrected chi connectivity index (χ2v) is 14.8. The van der Waals surface area contributed by atoms with E-state index in [4.69, 9.17) is 0 Å². The molecule has 0 atom stereocenters. The summed E-state index contributed by atoms with van der Waals surface area (Å²) < 4.78 is 105. The molecule has 6 aromatic carbocycles. The van der Waals surface area contributed by atoms with Crippen molar-refractivity contribution in [2.75, 3.05) is 10.6 Å². The molecular weight excluding hydrogens is 786 g/mol. The van der Waals surface area contributed by atoms with Crippen molar-refractivity contribution in [3.63, 3.8) is 0 Å². The molecule has 16 nitrogen and oxygen atoms in total. The van der Waals surface area contributed by atoms with Gasteiger partial charge >= 0.3 is 94.7 Å². The van der Waals surface area contributed by atoms with Gasteiger partial charge in [-0.1, -0.05) is 12.1 Å². The van der Waals surface area contributed by atoms with Crippen LogP contribution in [0.15, 0.2) is 116 Å². The van der Waals surface area contributed by atoms with E-state index in [0.29, 0.717) is 10.8 Å². The Bertz CT molecular complexity index is 2800. The van der Waals surface area contributed by atoms with Gasteiger partial charge < -0.3 is 34.5 Å². The Balaban J connectivity index is 0.00000252. The molecule has 0 aromatic heterocycles. The molecule has 0 heterocycles. The van der Waals surface area contributed by atoms with Crippen LogP contribution in [0.3, 0.4) is 0 Å². The summed E-state index contributed by atoms with van der Waals surface area (Å²) in [5.41, 5.74) is -0.280. The fraction of sp³-hybridized carbons (Fsp3) is 0. The number of urea groups is 1. The van der Waals surface area contributed by atoms with Crippen molar-refractivity contribution in [3.05, 3.63) is 91.0 Å². The van der Waals surface area contributed by atoms with Gasteiger partial charge in [0.25, 0.3) is 0 Å². The normalized spacial score (nSPS) is 11.8. The molecule has 0 spiro atoms. The predicted molar refractivity (Wildman–Crippen MR) is 176 cm³/mol. The van der Waals surface area contributed by atoms with Crippen LogP contribution >= 0.6 is 0 Å². The van der Waals surface area contributed by atoms with Gasteiger partial charge in [-0.25, -0.2) is 30.0 Å². The van der Waals surface area contributed by atoms with Crippen molar-refractivity contribution in [1.29, 1.82) is 0 Å². The number of hydrogen-bond acceptors (Lipinski definition) is 14. The van der Waals surface area contributed by atoms with Gasteiger partial charge in [0.1, 0.15) is 41.8 Å². The Morgan fingerprint density at radius 2 is 1.08 bits per heavy atom. The van der Waals surface area contributed by atoms with E-state index < -0.39 is 68.3 Å². The zero-order chi connectivity index (χ0) is 36.2. The number of phenols is 2. The molecular formula is C31H19N4Na3O12S3. The van der Waals surface area contributed by atoms with Crippen LogP contribution in [0.1, 0.15) is 0 Å². The Morgan fingerprint density at radius 3 is 1.66 bits per heavy atom. The van der Waals surface area contributed by atoms with Crippen LogP contribution in [0.25, 0.3) is 32.3 Å². The summed E-state index contributed by atoms with van der Waals surface area (Å²) in [7, 11) is -14.8. The minimum atomic E-state index is -5.24. The largest absolute Gasteiger partial charge is 1.00 e. The van der Waals surface area contributed by atoms with E-state index in [1.165, 1.54) is 66.7 Å². The minimum absolute atomic E-state index is 0. The van der Waals surface area contributed by atoms with Crippen LogP contribution in [0, 0.1) is 0 Å². The van der Waals surface area contributed by atoms with Crippen LogP contribution in [-0.2, 0) is 30.4 Å². The number of carbonyl (C=O) groups is 1. The number of nitrogens with zero attached hydrogens (tertiary/aromatic N) is 2. The maximum atomic E-state index is 12.8. The number of fused-ring (bicyclic) bond motifs is 3. The smallest absolute Gasteiger partial charge is 0.744 e. The van der Waals surface area contributed by atoms with Gasteiger partial charge in [-0.3, -0.25) is 0 Å². The molecule has 0 aliphatic heterocycles. The van der Waals surface area contributed by atoms with Gasteiger partial charge in [0.05, 0.1) is 20.4 Å². The van der Waals surface area contributed by atoms with E-state index in [1.54, 1.807) is 0 Å². The third-order valence-electron chi connectivity index (χ3n) is 7.38. The summed E-state index contributed by atoms with van der Waals surface area (Å²) in [6.45, 7) is 0. The van der Waals surface area contributed by atoms with E-state index in [9.17, 15) is 53.9 Å². The van der Waals surface area contributed by atoms with Crippen molar-refractivity contribution in [3.8, 4) is 11.5 Å². The first kappa shape index (κ1) is 44.7. The topological polar surface area (TPSA) is 278 Å². The number of amides is 2. The third kappa shape index (κ3) is 10.1. The average Bonchev–Trinajstić information content (AvgIpc) is 3.02. The van der Waals surface area contributed by atoms with Crippen molar-refractivity contribution < 1.29 is 143 Å². The first-order valence-corrected chi connectivity index (χ1v) is 18.1. The van der Waals surface area contributed by atoms with E-state index in [-0.39, 0.29) is 127 Å². The number of nitrogens with one attached hydrogen (secondary N) is 2. The van der Waals surface area contributed by atoms with Crippen LogP contribution in [0.4, 0.5) is 27.5 Å². The summed E-state index contributed by atoms with van der Waals surface area (Å²) >= 11 is 0. The van der Waals surface area contributed by atoms with Crippen molar-refractivity contribution in [2.45, 2.75) is 14.7 Å². The molecule has 6 rings (SSSR count). The zero-order valence-electron chi connectivity index (χ0n) is 27.8. The minimum Gasteiger partial charge on any atom is -0.744 e. The molecule has 256 valence electrons. The van der Waals surface area contributed by atoms with E-state index in [0.717, 1.165) is 24.3 Å². The molecule has 22 heteroatoms. The van der Waals surface area contributed by atoms with E-state index in [1.807, 2.05) is 0 Å². The first-order valence-electron chi connectivity index (χ1n) is 13.8. The molecule has 0 unspecified atom stereocenters. The third-order valence-corrected chi connectivity index (χ3v) is 9.87. The number of rotatable bonds is 7. The Labute approximate surface area is 367 Å². The quantitative estimate of drug-likeness (QED) is 0.0691. The fourth-order valence-electron chi connectivity index (χ4n) is 5.09. The molecule has 0 saturated heterocycles. The van der Waals surface area contributed by atoms with Gasteiger partial charge in [0, 0.05) is 22.1 Å². The summed E-state index contributed by atoms with van der Waals surface area (Å²) in [6.07, 6.45) is 0. The number of hydrogen-bond donors (Lipinski definition) is 4. The second-order valence-electron chi connectivity index (χ2n) is 10.7. The number of anilines is 2. The Hall–Kier alpha value is -2.70. The van der Waals surface area contributed by atoms with Gasteiger partial charge in [0.2, 0.25) is 0 Å². The molecule has 0 aliphatic rings. The molecule has 4 N–H and O–H groups in total. The van der Waals surface area contributed by atoms with E-state index in [2.05, 4.69) is 20.9 Å². The van der Waals surface area contributed by atoms with Crippen LogP contribution in [-0.4, -0.2) is 55.2 Å². The Kier molecular flexibility index (Phi) is 14.3. The first-order chi connectivity index (χ1) is 23.4. The molecule has 53 heavy (non-hydrogen) atoms. The number of aromatic hydroxyl groups is 2. The van der Waals surface area contributed by atoms with Gasteiger partial charge in [0.15, 0.2) is 5.75 Å². The molecule has 0 fully saturated rings. The molecule has 0 saturated carbocycles. The number of azo groups is 1.